The van der Waals surface area contributed by atoms with E-state index in [1.807, 2.05) is 19.1 Å². The van der Waals surface area contributed by atoms with Gasteiger partial charge in [-0.05, 0) is 61.7 Å². The van der Waals surface area contributed by atoms with Crippen LogP contribution in [0.2, 0.25) is 5.02 Å². The zero-order chi connectivity index (χ0) is 19.3. The summed E-state index contributed by atoms with van der Waals surface area (Å²) in [6, 6.07) is 9.96. The number of hydrogen-bond donors (Lipinski definition) is 1. The van der Waals surface area contributed by atoms with Crippen molar-refractivity contribution in [3.63, 3.8) is 0 Å². The summed E-state index contributed by atoms with van der Waals surface area (Å²) in [5.41, 5.74) is 2.04. The molecule has 0 spiro atoms. The molecule has 0 bridgehead atoms. The minimum Gasteiger partial charge on any atom is -0.493 e. The average Bonchev–Trinajstić information content (AvgIpc) is 2.55. The quantitative estimate of drug-likeness (QED) is 0.727. The van der Waals surface area contributed by atoms with Gasteiger partial charge in [-0.15, -0.1) is 0 Å². The van der Waals surface area contributed by atoms with Crippen LogP contribution in [0.5, 0.6) is 5.75 Å². The molecule has 0 saturated carbocycles. The zero-order valence-electron chi connectivity index (χ0n) is 15.0. The maximum absolute atomic E-state index is 12.3. The van der Waals surface area contributed by atoms with Crippen LogP contribution in [0.15, 0.2) is 41.3 Å². The molecule has 2 rings (SSSR count). The van der Waals surface area contributed by atoms with Gasteiger partial charge in [0.2, 0.25) is 0 Å². The van der Waals surface area contributed by atoms with Gasteiger partial charge < -0.3 is 10.1 Å². The highest BCUT2D eigenvalue weighted by Crippen LogP contribution is 2.21. The number of rotatable bonds is 7. The summed E-state index contributed by atoms with van der Waals surface area (Å²) in [6.45, 7) is 4.56. The van der Waals surface area contributed by atoms with Gasteiger partial charge in [0.1, 0.15) is 5.75 Å². The van der Waals surface area contributed by atoms with Crippen molar-refractivity contribution >= 4 is 27.3 Å². The van der Waals surface area contributed by atoms with Crippen LogP contribution in [-0.4, -0.2) is 33.7 Å². The van der Waals surface area contributed by atoms with Gasteiger partial charge in [0.25, 0.3) is 5.91 Å². The number of sulfone groups is 1. The first-order chi connectivity index (χ1) is 12.2. The van der Waals surface area contributed by atoms with Crippen LogP contribution in [-0.2, 0) is 9.84 Å². The molecule has 0 heterocycles. The summed E-state index contributed by atoms with van der Waals surface area (Å²) < 4.78 is 29.0. The van der Waals surface area contributed by atoms with Crippen LogP contribution < -0.4 is 10.1 Å². The Kier molecular flexibility index (Phi) is 6.67. The number of carbonyl (C=O) groups excluding carboxylic acids is 1. The van der Waals surface area contributed by atoms with Gasteiger partial charge in [-0.1, -0.05) is 17.7 Å². The lowest BCUT2D eigenvalue weighted by molar-refractivity contribution is 0.0950. The number of carbonyl (C=O) groups is 1. The Hall–Kier alpha value is -2.05. The van der Waals surface area contributed by atoms with E-state index in [-0.39, 0.29) is 10.8 Å². The summed E-state index contributed by atoms with van der Waals surface area (Å²) >= 11 is 5.91. The molecule has 0 saturated heterocycles. The molecule has 0 fully saturated rings. The zero-order valence-corrected chi connectivity index (χ0v) is 16.6. The van der Waals surface area contributed by atoms with Crippen LogP contribution in [0.1, 0.15) is 27.9 Å². The number of amides is 1. The summed E-state index contributed by atoms with van der Waals surface area (Å²) in [5, 5.41) is 3.45. The summed E-state index contributed by atoms with van der Waals surface area (Å²) in [5.74, 6) is 0.466. The fourth-order valence-electron chi connectivity index (χ4n) is 2.40. The highest BCUT2D eigenvalue weighted by atomic mass is 35.5. The lowest BCUT2D eigenvalue weighted by Crippen LogP contribution is -2.26. The van der Waals surface area contributed by atoms with Crippen molar-refractivity contribution < 1.29 is 17.9 Å². The first-order valence-corrected chi connectivity index (χ1v) is 10.4. The van der Waals surface area contributed by atoms with Crippen LogP contribution in [0.3, 0.4) is 0 Å². The number of ether oxygens (including phenoxy) is 1. The summed E-state index contributed by atoms with van der Waals surface area (Å²) in [7, 11) is -3.35. The number of halogens is 1. The fourth-order valence-corrected chi connectivity index (χ4v) is 3.28. The summed E-state index contributed by atoms with van der Waals surface area (Å²) in [4.78, 5) is 12.4. The van der Waals surface area contributed by atoms with Gasteiger partial charge in [0, 0.05) is 23.4 Å². The molecule has 1 amide bonds. The first-order valence-electron chi connectivity index (χ1n) is 8.16. The van der Waals surface area contributed by atoms with E-state index in [2.05, 4.69) is 5.32 Å². The van der Waals surface area contributed by atoms with Crippen molar-refractivity contribution in [3.05, 3.63) is 58.1 Å². The van der Waals surface area contributed by atoms with E-state index < -0.39 is 9.84 Å². The molecule has 1 N–H and O–H groups in total. The standard InChI is InChI=1S/C19H22ClNO4S/c1-13-5-7-16(26(3,23)24)12-17(13)19(22)21-9-4-10-25-18-8-6-15(20)11-14(18)2/h5-8,11-12H,4,9-10H2,1-3H3,(H,21,22). The summed E-state index contributed by atoms with van der Waals surface area (Å²) in [6.07, 6.45) is 1.74. The molecule has 7 heteroatoms. The Morgan fingerprint density at radius 1 is 1.12 bits per heavy atom. The van der Waals surface area contributed by atoms with Crippen molar-refractivity contribution in [2.75, 3.05) is 19.4 Å². The smallest absolute Gasteiger partial charge is 0.251 e. The third-order valence-corrected chi connectivity index (χ3v) is 5.23. The van der Waals surface area contributed by atoms with Crippen LogP contribution >= 0.6 is 11.6 Å². The maximum atomic E-state index is 12.3. The molecule has 2 aromatic rings. The fraction of sp³-hybridized carbons (Fsp3) is 0.316. The van der Waals surface area contributed by atoms with E-state index in [9.17, 15) is 13.2 Å². The molecule has 0 aliphatic rings. The third-order valence-electron chi connectivity index (χ3n) is 3.88. The van der Waals surface area contributed by atoms with Gasteiger partial charge >= 0.3 is 0 Å². The van der Waals surface area contributed by atoms with E-state index in [0.29, 0.717) is 30.2 Å². The second kappa shape index (κ2) is 8.56. The van der Waals surface area contributed by atoms with E-state index in [0.717, 1.165) is 23.1 Å². The Labute approximate surface area is 159 Å². The Morgan fingerprint density at radius 3 is 2.50 bits per heavy atom. The highest BCUT2D eigenvalue weighted by Gasteiger charge is 2.14. The van der Waals surface area contributed by atoms with Gasteiger partial charge in [-0.3, -0.25) is 4.79 Å². The highest BCUT2D eigenvalue weighted by molar-refractivity contribution is 7.90. The molecule has 0 unspecified atom stereocenters. The topological polar surface area (TPSA) is 72.5 Å². The SMILES string of the molecule is Cc1cc(Cl)ccc1OCCCNC(=O)c1cc(S(C)(=O)=O)ccc1C. The molecule has 0 aliphatic carbocycles. The Morgan fingerprint density at radius 2 is 1.85 bits per heavy atom. The largest absolute Gasteiger partial charge is 0.493 e. The lowest BCUT2D eigenvalue weighted by atomic mass is 10.1. The molecule has 5 nitrogen and oxygen atoms in total. The Bertz CT molecular complexity index is 910. The van der Waals surface area contributed by atoms with E-state index in [1.165, 1.54) is 12.1 Å². The van der Waals surface area contributed by atoms with Gasteiger partial charge in [-0.25, -0.2) is 8.42 Å². The van der Waals surface area contributed by atoms with Crippen LogP contribution in [0, 0.1) is 13.8 Å². The second-order valence-corrected chi connectivity index (χ2v) is 8.57. The molecule has 26 heavy (non-hydrogen) atoms. The molecule has 2 aromatic carbocycles. The van der Waals surface area contributed by atoms with Crippen molar-refractivity contribution in [1.82, 2.24) is 5.32 Å². The molecular formula is C19H22ClNO4S. The lowest BCUT2D eigenvalue weighted by Gasteiger charge is -2.11. The minimum absolute atomic E-state index is 0.134. The first kappa shape index (κ1) is 20.3. The number of aryl methyl sites for hydroxylation is 2. The molecule has 0 aliphatic heterocycles. The molecule has 0 aromatic heterocycles. The van der Waals surface area contributed by atoms with Crippen molar-refractivity contribution in [1.29, 1.82) is 0 Å². The number of hydrogen-bond acceptors (Lipinski definition) is 4. The minimum atomic E-state index is -3.35. The normalized spacial score (nSPS) is 11.2. The van der Waals surface area contributed by atoms with Gasteiger partial charge in [0.15, 0.2) is 9.84 Å². The van der Waals surface area contributed by atoms with Crippen molar-refractivity contribution in [2.45, 2.75) is 25.2 Å². The monoisotopic (exact) mass is 395 g/mol. The predicted octanol–water partition coefficient (Wildman–Crippen LogP) is 3.56. The van der Waals surface area contributed by atoms with Crippen molar-refractivity contribution in [3.8, 4) is 5.75 Å². The molecule has 0 radical (unpaired) electrons. The van der Waals surface area contributed by atoms with Crippen LogP contribution in [0.4, 0.5) is 0 Å². The Balaban J connectivity index is 1.87. The second-order valence-electron chi connectivity index (χ2n) is 6.12. The third kappa shape index (κ3) is 5.47. The van der Waals surface area contributed by atoms with Crippen molar-refractivity contribution in [2.24, 2.45) is 0 Å². The van der Waals surface area contributed by atoms with E-state index >= 15 is 0 Å². The number of nitrogens with one attached hydrogen (secondary N) is 1. The van der Waals surface area contributed by atoms with Crippen LogP contribution in [0.25, 0.3) is 0 Å². The predicted molar refractivity (Wildman–Crippen MR) is 103 cm³/mol. The molecule has 0 atom stereocenters. The molecular weight excluding hydrogens is 374 g/mol. The maximum Gasteiger partial charge on any atom is 0.251 e. The van der Waals surface area contributed by atoms with Gasteiger partial charge in [0.05, 0.1) is 11.5 Å². The van der Waals surface area contributed by atoms with E-state index in [4.69, 9.17) is 16.3 Å². The van der Waals surface area contributed by atoms with Gasteiger partial charge in [-0.2, -0.15) is 0 Å². The van der Waals surface area contributed by atoms with E-state index in [1.54, 1.807) is 19.1 Å². The average molecular weight is 396 g/mol. The molecule has 140 valence electrons. The number of benzene rings is 2.